The number of hydrogen-bond acceptors (Lipinski definition) is 6. The minimum absolute atomic E-state index is 0.268. The van der Waals surface area contributed by atoms with E-state index in [9.17, 15) is 9.59 Å². The van der Waals surface area contributed by atoms with Gasteiger partial charge in [-0.05, 0) is 76.9 Å². The highest BCUT2D eigenvalue weighted by atomic mass is 16.4. The quantitative estimate of drug-likeness (QED) is 0.321. The fourth-order valence-corrected chi connectivity index (χ4v) is 4.84. The molecule has 34 heavy (non-hydrogen) atoms. The Balaban J connectivity index is 1.93. The van der Waals surface area contributed by atoms with Crippen LogP contribution in [0.3, 0.4) is 0 Å². The second-order valence-electron chi connectivity index (χ2n) is 8.48. The van der Waals surface area contributed by atoms with E-state index in [2.05, 4.69) is 37.5 Å². The second kappa shape index (κ2) is 9.37. The molecular weight excluding hydrogens is 428 g/mol. The fraction of sp³-hybridized carbons (Fsp3) is 0.357. The monoisotopic (exact) mass is 460 g/mol. The Morgan fingerprint density at radius 3 is 1.29 bits per heavy atom. The van der Waals surface area contributed by atoms with Crippen LogP contribution in [-0.2, 0) is 0 Å². The third kappa shape index (κ3) is 3.87. The van der Waals surface area contributed by atoms with Crippen molar-refractivity contribution < 1.29 is 8.83 Å². The maximum Gasteiger partial charge on any atom is 0.344 e. The van der Waals surface area contributed by atoms with Gasteiger partial charge < -0.3 is 18.6 Å². The molecule has 2 aromatic heterocycles. The van der Waals surface area contributed by atoms with Crippen molar-refractivity contribution in [1.82, 2.24) is 0 Å². The molecule has 178 valence electrons. The molecule has 6 heteroatoms. The van der Waals surface area contributed by atoms with Crippen LogP contribution in [-0.4, -0.2) is 26.2 Å². The molecule has 2 aromatic carbocycles. The lowest BCUT2D eigenvalue weighted by Gasteiger charge is -2.21. The molecule has 0 saturated heterocycles. The van der Waals surface area contributed by atoms with Crippen LogP contribution in [0.1, 0.15) is 38.8 Å². The first-order valence-electron chi connectivity index (χ1n) is 12.0. The lowest BCUT2D eigenvalue weighted by molar-refractivity contribution is 0.551. The minimum Gasteiger partial charge on any atom is -0.422 e. The number of fused-ring (bicyclic) bond motifs is 2. The summed E-state index contributed by atoms with van der Waals surface area (Å²) >= 11 is 0. The summed E-state index contributed by atoms with van der Waals surface area (Å²) in [5.41, 5.74) is 3.93. The zero-order valence-corrected chi connectivity index (χ0v) is 20.8. The van der Waals surface area contributed by atoms with Gasteiger partial charge in [-0.2, -0.15) is 0 Å². The minimum atomic E-state index is -0.531. The summed E-state index contributed by atoms with van der Waals surface area (Å²) < 4.78 is 11.5. The van der Waals surface area contributed by atoms with E-state index >= 15 is 0 Å². The standard InChI is InChI=1S/C28H32N2O4/c1-7-29(8-2)19-11-13-21-17(5)25(27(31)33-23(21)15-19)26-18(6)22-14-12-20(30(9-3)10-4)16-24(22)34-28(26)32/h11-16H,7-10H2,1-6H3. The number of anilines is 2. The van der Waals surface area contributed by atoms with Crippen molar-refractivity contribution in [3.05, 3.63) is 68.4 Å². The number of benzene rings is 2. The van der Waals surface area contributed by atoms with E-state index in [1.54, 1.807) is 0 Å². The van der Waals surface area contributed by atoms with Gasteiger partial charge in [0.2, 0.25) is 0 Å². The molecule has 0 aliphatic rings. The van der Waals surface area contributed by atoms with E-state index in [4.69, 9.17) is 8.83 Å². The SMILES string of the molecule is CCN(CC)c1ccc2c(C)c(-c3c(C)c4ccc(N(CC)CC)cc4oc3=O)c(=O)oc2c1. The van der Waals surface area contributed by atoms with E-state index < -0.39 is 11.3 Å². The Bertz CT molecular complexity index is 1360. The van der Waals surface area contributed by atoms with Crippen LogP contribution in [0.2, 0.25) is 0 Å². The van der Waals surface area contributed by atoms with Crippen molar-refractivity contribution in [2.75, 3.05) is 36.0 Å². The molecule has 6 nitrogen and oxygen atoms in total. The van der Waals surface area contributed by atoms with E-state index in [0.717, 1.165) is 48.3 Å². The lowest BCUT2D eigenvalue weighted by atomic mass is 9.95. The van der Waals surface area contributed by atoms with Crippen molar-refractivity contribution >= 4 is 33.3 Å². The topological polar surface area (TPSA) is 66.9 Å². The van der Waals surface area contributed by atoms with Crippen molar-refractivity contribution in [2.24, 2.45) is 0 Å². The zero-order valence-electron chi connectivity index (χ0n) is 20.8. The average molecular weight is 461 g/mol. The molecule has 0 aliphatic carbocycles. The lowest BCUT2D eigenvalue weighted by Crippen LogP contribution is -2.22. The van der Waals surface area contributed by atoms with Crippen LogP contribution >= 0.6 is 0 Å². The Hall–Kier alpha value is -3.54. The van der Waals surface area contributed by atoms with Crippen LogP contribution in [0, 0.1) is 13.8 Å². The normalized spacial score (nSPS) is 11.4. The molecule has 0 atom stereocenters. The fourth-order valence-electron chi connectivity index (χ4n) is 4.84. The first-order valence-corrected chi connectivity index (χ1v) is 12.0. The van der Waals surface area contributed by atoms with Gasteiger partial charge in [-0.15, -0.1) is 0 Å². The molecule has 0 fully saturated rings. The molecule has 0 N–H and O–H groups in total. The predicted octanol–water partition coefficient (Wildman–Crippen LogP) is 5.88. The third-order valence-electron chi connectivity index (χ3n) is 6.81. The van der Waals surface area contributed by atoms with Gasteiger partial charge in [0.15, 0.2) is 0 Å². The molecule has 0 spiro atoms. The molecule has 0 bridgehead atoms. The van der Waals surface area contributed by atoms with E-state index in [1.807, 2.05) is 50.2 Å². The van der Waals surface area contributed by atoms with Crippen LogP contribution in [0.5, 0.6) is 0 Å². The van der Waals surface area contributed by atoms with Crippen molar-refractivity contribution in [3.63, 3.8) is 0 Å². The van der Waals surface area contributed by atoms with Crippen molar-refractivity contribution in [2.45, 2.75) is 41.5 Å². The number of rotatable bonds is 7. The number of hydrogen-bond donors (Lipinski definition) is 0. The summed E-state index contributed by atoms with van der Waals surface area (Å²) in [5.74, 6) is 0. The molecule has 0 amide bonds. The Kier molecular flexibility index (Phi) is 6.51. The Morgan fingerprint density at radius 1 is 0.618 bits per heavy atom. The van der Waals surface area contributed by atoms with Crippen LogP contribution in [0.4, 0.5) is 11.4 Å². The summed E-state index contributed by atoms with van der Waals surface area (Å²) in [6, 6.07) is 11.8. The summed E-state index contributed by atoms with van der Waals surface area (Å²) in [4.78, 5) is 30.7. The van der Waals surface area contributed by atoms with Gasteiger partial charge in [-0.1, -0.05) is 0 Å². The molecule has 0 radical (unpaired) electrons. The van der Waals surface area contributed by atoms with E-state index in [0.29, 0.717) is 22.3 Å². The van der Waals surface area contributed by atoms with Gasteiger partial charge in [-0.25, -0.2) is 9.59 Å². The van der Waals surface area contributed by atoms with E-state index in [1.165, 1.54) is 0 Å². The van der Waals surface area contributed by atoms with Gasteiger partial charge >= 0.3 is 11.3 Å². The molecule has 0 saturated carbocycles. The highest BCUT2D eigenvalue weighted by Crippen LogP contribution is 2.33. The third-order valence-corrected chi connectivity index (χ3v) is 6.81. The first kappa shape index (κ1) is 23.6. The highest BCUT2D eigenvalue weighted by Gasteiger charge is 2.22. The summed E-state index contributed by atoms with van der Waals surface area (Å²) in [6.45, 7) is 15.5. The summed E-state index contributed by atoms with van der Waals surface area (Å²) in [7, 11) is 0. The van der Waals surface area contributed by atoms with Gasteiger partial charge in [0.05, 0.1) is 11.1 Å². The maximum absolute atomic E-state index is 13.2. The van der Waals surface area contributed by atoms with Crippen molar-refractivity contribution in [1.29, 1.82) is 0 Å². The molecule has 4 rings (SSSR count). The summed E-state index contributed by atoms with van der Waals surface area (Å²) in [5, 5.41) is 1.61. The summed E-state index contributed by atoms with van der Waals surface area (Å²) in [6.07, 6.45) is 0. The van der Waals surface area contributed by atoms with Crippen LogP contribution in [0.25, 0.3) is 33.1 Å². The van der Waals surface area contributed by atoms with Gasteiger partial charge in [-0.3, -0.25) is 0 Å². The number of nitrogens with zero attached hydrogens (tertiary/aromatic N) is 2. The van der Waals surface area contributed by atoms with Crippen LogP contribution in [0.15, 0.2) is 54.8 Å². The first-order chi connectivity index (χ1) is 16.3. The highest BCUT2D eigenvalue weighted by molar-refractivity contribution is 5.93. The van der Waals surface area contributed by atoms with E-state index in [-0.39, 0.29) is 11.1 Å². The average Bonchev–Trinajstić information content (AvgIpc) is 2.82. The largest absolute Gasteiger partial charge is 0.422 e. The van der Waals surface area contributed by atoms with Crippen molar-refractivity contribution in [3.8, 4) is 11.1 Å². The Morgan fingerprint density at radius 2 is 0.971 bits per heavy atom. The molecular formula is C28H32N2O4. The van der Waals surface area contributed by atoms with Gasteiger partial charge in [0.1, 0.15) is 11.2 Å². The predicted molar refractivity (Wildman–Crippen MR) is 141 cm³/mol. The zero-order chi connectivity index (χ0) is 24.6. The molecule has 0 unspecified atom stereocenters. The molecule has 2 heterocycles. The smallest absolute Gasteiger partial charge is 0.344 e. The van der Waals surface area contributed by atoms with Gasteiger partial charge in [0, 0.05) is 60.5 Å². The Labute approximate surface area is 199 Å². The van der Waals surface area contributed by atoms with Gasteiger partial charge in [0.25, 0.3) is 0 Å². The maximum atomic E-state index is 13.2. The molecule has 0 aliphatic heterocycles. The molecule has 4 aromatic rings. The number of aryl methyl sites for hydroxylation is 2. The second-order valence-corrected chi connectivity index (χ2v) is 8.48. The van der Waals surface area contributed by atoms with Crippen LogP contribution < -0.4 is 21.1 Å².